The number of anilines is 1. The molecule has 1 aromatic carbocycles. The van der Waals surface area contributed by atoms with Crippen LogP contribution < -0.4 is 10.6 Å². The van der Waals surface area contributed by atoms with Crippen LogP contribution in [0.3, 0.4) is 0 Å². The molecule has 0 spiro atoms. The number of urea groups is 1. The summed E-state index contributed by atoms with van der Waals surface area (Å²) < 4.78 is 0. The van der Waals surface area contributed by atoms with Gasteiger partial charge in [-0.25, -0.2) is 4.79 Å². The molecule has 0 aliphatic rings. The van der Waals surface area contributed by atoms with Crippen molar-refractivity contribution >= 4 is 17.7 Å². The molecule has 1 rings (SSSR count). The van der Waals surface area contributed by atoms with Crippen LogP contribution in [0, 0.1) is 5.92 Å². The Labute approximate surface area is 125 Å². The third-order valence-corrected chi connectivity index (χ3v) is 3.48. The molecule has 116 valence electrons. The van der Waals surface area contributed by atoms with Crippen LogP contribution in [-0.4, -0.2) is 23.1 Å². The van der Waals surface area contributed by atoms with E-state index in [0.717, 1.165) is 11.3 Å². The van der Waals surface area contributed by atoms with Crippen molar-refractivity contribution in [3.63, 3.8) is 0 Å². The van der Waals surface area contributed by atoms with Gasteiger partial charge in [0.05, 0.1) is 5.92 Å². The number of carbonyl (C=O) groups excluding carboxylic acids is 1. The minimum absolute atomic E-state index is 0.0934. The van der Waals surface area contributed by atoms with Crippen LogP contribution in [0.5, 0.6) is 0 Å². The molecule has 0 radical (unpaired) electrons. The fourth-order valence-corrected chi connectivity index (χ4v) is 1.95. The van der Waals surface area contributed by atoms with Gasteiger partial charge in [0.2, 0.25) is 0 Å². The van der Waals surface area contributed by atoms with Crippen molar-refractivity contribution in [1.29, 1.82) is 0 Å². The van der Waals surface area contributed by atoms with E-state index < -0.39 is 24.0 Å². The zero-order valence-electron chi connectivity index (χ0n) is 13.2. The first kappa shape index (κ1) is 17.0. The van der Waals surface area contributed by atoms with Gasteiger partial charge in [-0.15, -0.1) is 0 Å². The summed E-state index contributed by atoms with van der Waals surface area (Å²) in [5.74, 6) is -1.58. The Balaban J connectivity index is 2.79. The lowest BCUT2D eigenvalue weighted by Gasteiger charge is -2.24. The van der Waals surface area contributed by atoms with Crippen molar-refractivity contribution < 1.29 is 14.7 Å². The smallest absolute Gasteiger partial charge is 0.319 e. The van der Waals surface area contributed by atoms with Crippen molar-refractivity contribution in [2.75, 3.05) is 5.32 Å². The molecule has 0 aliphatic heterocycles. The fraction of sp³-hybridized carbons (Fsp3) is 0.500. The van der Waals surface area contributed by atoms with E-state index in [1.807, 2.05) is 24.3 Å². The molecule has 1 aromatic rings. The number of hydrogen-bond donors (Lipinski definition) is 3. The number of benzene rings is 1. The van der Waals surface area contributed by atoms with Crippen molar-refractivity contribution in [3.8, 4) is 0 Å². The van der Waals surface area contributed by atoms with Gasteiger partial charge in [-0.05, 0) is 30.9 Å². The molecular weight excluding hydrogens is 268 g/mol. The second kappa shape index (κ2) is 6.61. The Morgan fingerprint density at radius 2 is 1.71 bits per heavy atom. The van der Waals surface area contributed by atoms with E-state index in [4.69, 9.17) is 5.11 Å². The highest BCUT2D eigenvalue weighted by Crippen LogP contribution is 2.29. The Morgan fingerprint density at radius 3 is 2.24 bits per heavy atom. The van der Waals surface area contributed by atoms with Gasteiger partial charge in [-0.2, -0.15) is 0 Å². The molecule has 0 heterocycles. The summed E-state index contributed by atoms with van der Waals surface area (Å²) in [6.07, 6.45) is 0. The van der Waals surface area contributed by atoms with Crippen molar-refractivity contribution in [2.24, 2.45) is 5.92 Å². The maximum atomic E-state index is 12.0. The van der Waals surface area contributed by atoms with Gasteiger partial charge in [0.25, 0.3) is 0 Å². The fourth-order valence-electron chi connectivity index (χ4n) is 1.95. The van der Waals surface area contributed by atoms with Crippen LogP contribution in [0.4, 0.5) is 10.5 Å². The number of para-hydroxylation sites is 1. The van der Waals surface area contributed by atoms with E-state index >= 15 is 0 Å². The molecule has 21 heavy (non-hydrogen) atoms. The summed E-state index contributed by atoms with van der Waals surface area (Å²) in [4.78, 5) is 22.9. The van der Waals surface area contributed by atoms with E-state index in [2.05, 4.69) is 31.4 Å². The molecule has 3 N–H and O–H groups in total. The lowest BCUT2D eigenvalue weighted by atomic mass is 9.86. The molecule has 5 nitrogen and oxygen atoms in total. The maximum absolute atomic E-state index is 12.0. The molecule has 0 saturated carbocycles. The lowest BCUT2D eigenvalue weighted by molar-refractivity contribution is -0.141. The zero-order chi connectivity index (χ0) is 16.2. The molecule has 0 aromatic heterocycles. The number of amides is 2. The van der Waals surface area contributed by atoms with Crippen LogP contribution in [0.2, 0.25) is 0 Å². The minimum atomic E-state index is -0.933. The van der Waals surface area contributed by atoms with Crippen molar-refractivity contribution in [1.82, 2.24) is 5.32 Å². The third-order valence-electron chi connectivity index (χ3n) is 3.48. The Morgan fingerprint density at radius 1 is 1.14 bits per heavy atom. The van der Waals surface area contributed by atoms with Crippen LogP contribution in [0.15, 0.2) is 24.3 Å². The summed E-state index contributed by atoms with van der Waals surface area (Å²) in [5.41, 5.74) is 1.67. The quantitative estimate of drug-likeness (QED) is 0.797. The molecular formula is C16H24N2O3. The van der Waals surface area contributed by atoms with E-state index in [-0.39, 0.29) is 5.41 Å². The second-order valence-corrected chi connectivity index (χ2v) is 6.31. The average molecular weight is 292 g/mol. The van der Waals surface area contributed by atoms with Gasteiger partial charge in [0.1, 0.15) is 0 Å². The van der Waals surface area contributed by atoms with Crippen molar-refractivity contribution in [3.05, 3.63) is 29.8 Å². The predicted molar refractivity (Wildman–Crippen MR) is 83.6 cm³/mol. The SMILES string of the molecule is CC(NC(=O)Nc1ccccc1C(C)(C)C)C(C)C(=O)O. The molecule has 5 heteroatoms. The zero-order valence-corrected chi connectivity index (χ0v) is 13.2. The van der Waals surface area contributed by atoms with Crippen molar-refractivity contribution in [2.45, 2.75) is 46.1 Å². The number of rotatable bonds is 4. The first-order valence-corrected chi connectivity index (χ1v) is 7.02. The summed E-state index contributed by atoms with van der Waals surface area (Å²) in [5, 5.41) is 14.4. The predicted octanol–water partition coefficient (Wildman–Crippen LogP) is 3.21. The second-order valence-electron chi connectivity index (χ2n) is 6.31. The van der Waals surface area contributed by atoms with Crippen LogP contribution in [0.25, 0.3) is 0 Å². The largest absolute Gasteiger partial charge is 0.481 e. The Kier molecular flexibility index (Phi) is 5.35. The highest BCUT2D eigenvalue weighted by molar-refractivity contribution is 5.90. The molecule has 2 unspecified atom stereocenters. The van der Waals surface area contributed by atoms with Gasteiger partial charge in [-0.3, -0.25) is 4.79 Å². The summed E-state index contributed by atoms with van der Waals surface area (Å²) in [6.45, 7) is 9.45. The number of nitrogens with one attached hydrogen (secondary N) is 2. The van der Waals surface area contributed by atoms with Gasteiger partial charge < -0.3 is 15.7 Å². The molecule has 0 bridgehead atoms. The average Bonchev–Trinajstić information content (AvgIpc) is 2.36. The standard InChI is InChI=1S/C16H24N2O3/c1-10(14(19)20)11(2)17-15(21)18-13-9-7-6-8-12(13)16(3,4)5/h6-11H,1-5H3,(H,19,20)(H2,17,18,21). The van der Waals surface area contributed by atoms with Crippen LogP contribution >= 0.6 is 0 Å². The first-order chi connectivity index (χ1) is 9.62. The highest BCUT2D eigenvalue weighted by Gasteiger charge is 2.22. The summed E-state index contributed by atoms with van der Waals surface area (Å²) in [6, 6.07) is 6.74. The van der Waals surface area contributed by atoms with E-state index in [1.165, 1.54) is 0 Å². The van der Waals surface area contributed by atoms with E-state index in [1.54, 1.807) is 13.8 Å². The van der Waals surface area contributed by atoms with Gasteiger partial charge in [0.15, 0.2) is 0 Å². The number of carbonyl (C=O) groups is 2. The number of aliphatic carboxylic acids is 1. The van der Waals surface area contributed by atoms with E-state index in [9.17, 15) is 9.59 Å². The summed E-state index contributed by atoms with van der Waals surface area (Å²) >= 11 is 0. The molecule has 2 atom stereocenters. The number of hydrogen-bond acceptors (Lipinski definition) is 2. The number of carboxylic acids is 1. The normalized spacial score (nSPS) is 14.1. The van der Waals surface area contributed by atoms with Gasteiger partial charge in [-0.1, -0.05) is 39.0 Å². The summed E-state index contributed by atoms with van der Waals surface area (Å²) in [7, 11) is 0. The topological polar surface area (TPSA) is 78.4 Å². The molecule has 0 aliphatic carbocycles. The third kappa shape index (κ3) is 4.77. The monoisotopic (exact) mass is 292 g/mol. The van der Waals surface area contributed by atoms with Gasteiger partial charge >= 0.3 is 12.0 Å². The molecule has 0 fully saturated rings. The Bertz CT molecular complexity index is 520. The van der Waals surface area contributed by atoms with E-state index in [0.29, 0.717) is 0 Å². The minimum Gasteiger partial charge on any atom is -0.481 e. The number of carboxylic acid groups (broad SMARTS) is 1. The van der Waals surface area contributed by atoms with Crippen LogP contribution in [-0.2, 0) is 10.2 Å². The van der Waals surface area contributed by atoms with Gasteiger partial charge in [0, 0.05) is 11.7 Å². The maximum Gasteiger partial charge on any atom is 0.319 e. The lowest BCUT2D eigenvalue weighted by Crippen LogP contribution is -2.42. The molecule has 0 saturated heterocycles. The Hall–Kier alpha value is -2.04. The first-order valence-electron chi connectivity index (χ1n) is 7.02. The van der Waals surface area contributed by atoms with Crippen LogP contribution in [0.1, 0.15) is 40.2 Å². The highest BCUT2D eigenvalue weighted by atomic mass is 16.4. The molecule has 2 amide bonds.